The Hall–Kier alpha value is -4.57. The molecule has 2 atom stereocenters. The summed E-state index contributed by atoms with van der Waals surface area (Å²) in [4.78, 5) is 30.8. The van der Waals surface area contributed by atoms with Crippen molar-refractivity contribution >= 4 is 34.9 Å². The van der Waals surface area contributed by atoms with Gasteiger partial charge in [0.15, 0.2) is 5.11 Å². The maximum absolute atomic E-state index is 13.2. The van der Waals surface area contributed by atoms with Crippen molar-refractivity contribution in [2.45, 2.75) is 18.5 Å². The number of halogens is 1. The minimum absolute atomic E-state index is 0.139. The van der Waals surface area contributed by atoms with Gasteiger partial charge >= 0.3 is 5.97 Å². The number of benzene rings is 2. The average molecular weight is 530 g/mol. The third kappa shape index (κ3) is 5.25. The molecule has 8 nitrogen and oxygen atoms in total. The number of nitrogens with one attached hydrogen (secondary N) is 2. The van der Waals surface area contributed by atoms with E-state index < -0.39 is 5.97 Å². The standard InChI is InChI=1S/C28H24FN5O3S/c29-19-9-11-20(12-10-19)31-24(35)13-16-34-26(25(32-28(34)38)22-7-1-2-14-30-22)23-8-4-15-33(23)21-6-3-5-18(17-21)27(36)37/h1-12,14-15,17,25-26H,13,16H2,(H,31,35)(H,32,38)(H,36,37)/t25-,26-/m1/s1. The highest BCUT2D eigenvalue weighted by atomic mass is 32.1. The quantitative estimate of drug-likeness (QED) is 0.284. The second kappa shape index (κ2) is 10.8. The Bertz CT molecular complexity index is 1480. The van der Waals surface area contributed by atoms with E-state index in [1.807, 2.05) is 52.1 Å². The number of thiocarbonyl (C=S) groups is 1. The molecule has 0 spiro atoms. The molecule has 0 saturated carbocycles. The van der Waals surface area contributed by atoms with E-state index in [4.69, 9.17) is 12.2 Å². The highest BCUT2D eigenvalue weighted by Crippen LogP contribution is 2.39. The predicted molar refractivity (Wildman–Crippen MR) is 145 cm³/mol. The van der Waals surface area contributed by atoms with Crippen molar-refractivity contribution in [3.63, 3.8) is 0 Å². The number of anilines is 1. The lowest BCUT2D eigenvalue weighted by Crippen LogP contribution is -2.33. The van der Waals surface area contributed by atoms with Gasteiger partial charge in [-0.15, -0.1) is 0 Å². The zero-order valence-corrected chi connectivity index (χ0v) is 20.9. The maximum atomic E-state index is 13.2. The monoisotopic (exact) mass is 529 g/mol. The van der Waals surface area contributed by atoms with Crippen molar-refractivity contribution in [3.05, 3.63) is 114 Å². The first-order valence-electron chi connectivity index (χ1n) is 11.9. The second-order valence-electron chi connectivity index (χ2n) is 8.78. The van der Waals surface area contributed by atoms with E-state index >= 15 is 0 Å². The van der Waals surface area contributed by atoms with E-state index in [0.29, 0.717) is 23.0 Å². The minimum atomic E-state index is -1.01. The van der Waals surface area contributed by atoms with Crippen molar-refractivity contribution in [3.8, 4) is 5.69 Å². The van der Waals surface area contributed by atoms with E-state index in [1.165, 1.54) is 24.3 Å². The van der Waals surface area contributed by atoms with Crippen molar-refractivity contribution in [1.29, 1.82) is 0 Å². The fourth-order valence-electron chi connectivity index (χ4n) is 4.61. The van der Waals surface area contributed by atoms with Crippen LogP contribution in [0.3, 0.4) is 0 Å². The van der Waals surface area contributed by atoms with Crippen LogP contribution in [-0.2, 0) is 4.79 Å². The summed E-state index contributed by atoms with van der Waals surface area (Å²) in [6.45, 7) is 0.313. The van der Waals surface area contributed by atoms with Gasteiger partial charge in [-0.1, -0.05) is 12.1 Å². The van der Waals surface area contributed by atoms with Crippen molar-refractivity contribution < 1.29 is 19.1 Å². The number of rotatable bonds is 8. The molecule has 2 aromatic heterocycles. The van der Waals surface area contributed by atoms with Gasteiger partial charge in [0.2, 0.25) is 5.91 Å². The Morgan fingerprint density at radius 3 is 2.61 bits per heavy atom. The molecule has 38 heavy (non-hydrogen) atoms. The van der Waals surface area contributed by atoms with Gasteiger partial charge in [-0.3, -0.25) is 9.78 Å². The number of carboxylic acid groups (broad SMARTS) is 1. The molecular formula is C28H24FN5O3S. The summed E-state index contributed by atoms with van der Waals surface area (Å²) in [7, 11) is 0. The summed E-state index contributed by atoms with van der Waals surface area (Å²) in [5.74, 6) is -1.62. The van der Waals surface area contributed by atoms with E-state index in [2.05, 4.69) is 15.6 Å². The molecule has 3 heterocycles. The lowest BCUT2D eigenvalue weighted by atomic mass is 10.0. The molecule has 1 saturated heterocycles. The van der Waals surface area contributed by atoms with Crippen LogP contribution in [0.1, 0.15) is 40.3 Å². The van der Waals surface area contributed by atoms with Crippen LogP contribution in [0.15, 0.2) is 91.3 Å². The number of carboxylic acids is 1. The largest absolute Gasteiger partial charge is 0.478 e. The molecule has 0 bridgehead atoms. The summed E-state index contributed by atoms with van der Waals surface area (Å²) >= 11 is 5.71. The number of aromatic nitrogens is 2. The highest BCUT2D eigenvalue weighted by molar-refractivity contribution is 7.80. The predicted octanol–water partition coefficient (Wildman–Crippen LogP) is 4.71. The summed E-state index contributed by atoms with van der Waals surface area (Å²) in [6.07, 6.45) is 3.72. The number of carbonyl (C=O) groups is 2. The van der Waals surface area contributed by atoms with Gasteiger partial charge in [-0.05, 0) is 78.9 Å². The molecule has 10 heteroatoms. The van der Waals surface area contributed by atoms with E-state index in [1.54, 1.807) is 24.4 Å². The first-order valence-corrected chi connectivity index (χ1v) is 12.4. The first kappa shape index (κ1) is 25.1. The number of aromatic carboxylic acids is 1. The SMILES string of the molecule is O=C(CCN1C(=S)N[C@H](c2ccccn2)[C@H]1c1cccn1-c1cccc(C(=O)O)c1)Nc1ccc(F)cc1. The summed E-state index contributed by atoms with van der Waals surface area (Å²) in [5.41, 5.74) is 3.02. The van der Waals surface area contributed by atoms with E-state index in [0.717, 1.165) is 11.4 Å². The van der Waals surface area contributed by atoms with Gasteiger partial charge in [0.1, 0.15) is 5.82 Å². The summed E-state index contributed by atoms with van der Waals surface area (Å²) < 4.78 is 15.1. The Labute approximate surface area is 223 Å². The summed E-state index contributed by atoms with van der Waals surface area (Å²) in [6, 6.07) is 21.1. The number of nitrogens with zero attached hydrogens (tertiary/aromatic N) is 3. The second-order valence-corrected chi connectivity index (χ2v) is 9.17. The van der Waals surface area contributed by atoms with Crippen LogP contribution in [-0.4, -0.2) is 43.1 Å². The van der Waals surface area contributed by atoms with Crippen LogP contribution < -0.4 is 10.6 Å². The Morgan fingerprint density at radius 1 is 1.05 bits per heavy atom. The third-order valence-corrected chi connectivity index (χ3v) is 6.71. The van der Waals surface area contributed by atoms with Crippen LogP contribution in [0.5, 0.6) is 0 Å². The fraction of sp³-hybridized carbons (Fsp3) is 0.143. The molecule has 1 aliphatic heterocycles. The molecule has 1 fully saturated rings. The molecule has 0 unspecified atom stereocenters. The average Bonchev–Trinajstić information content (AvgIpc) is 3.53. The molecule has 0 radical (unpaired) electrons. The van der Waals surface area contributed by atoms with Gasteiger partial charge in [-0.25, -0.2) is 9.18 Å². The van der Waals surface area contributed by atoms with Gasteiger partial charge in [-0.2, -0.15) is 0 Å². The number of hydrogen-bond donors (Lipinski definition) is 3. The molecule has 192 valence electrons. The van der Waals surface area contributed by atoms with Gasteiger partial charge in [0, 0.05) is 42.4 Å². The molecule has 0 aliphatic carbocycles. The highest BCUT2D eigenvalue weighted by Gasteiger charge is 2.41. The minimum Gasteiger partial charge on any atom is -0.478 e. The third-order valence-electron chi connectivity index (χ3n) is 6.36. The van der Waals surface area contributed by atoms with Crippen LogP contribution in [0.4, 0.5) is 10.1 Å². The Morgan fingerprint density at radius 2 is 1.87 bits per heavy atom. The van der Waals surface area contributed by atoms with Crippen LogP contribution in [0.2, 0.25) is 0 Å². The topological polar surface area (TPSA) is 99.5 Å². The van der Waals surface area contributed by atoms with Gasteiger partial charge in [0.05, 0.1) is 23.3 Å². The van der Waals surface area contributed by atoms with Crippen LogP contribution >= 0.6 is 12.2 Å². The van der Waals surface area contributed by atoms with Crippen molar-refractivity contribution in [1.82, 2.24) is 19.8 Å². The molecule has 2 aromatic carbocycles. The zero-order valence-electron chi connectivity index (χ0n) is 20.1. The molecular weight excluding hydrogens is 505 g/mol. The van der Waals surface area contributed by atoms with E-state index in [9.17, 15) is 19.1 Å². The Balaban J connectivity index is 1.45. The van der Waals surface area contributed by atoms with Crippen molar-refractivity contribution in [2.75, 3.05) is 11.9 Å². The van der Waals surface area contributed by atoms with E-state index in [-0.39, 0.29) is 35.8 Å². The fourth-order valence-corrected chi connectivity index (χ4v) is 4.94. The van der Waals surface area contributed by atoms with Gasteiger partial charge in [0.25, 0.3) is 0 Å². The first-order chi connectivity index (χ1) is 18.4. The van der Waals surface area contributed by atoms with Crippen LogP contribution in [0.25, 0.3) is 5.69 Å². The summed E-state index contributed by atoms with van der Waals surface area (Å²) in [5, 5.41) is 16.1. The normalized spacial score (nSPS) is 16.8. The van der Waals surface area contributed by atoms with Crippen LogP contribution in [0, 0.1) is 5.82 Å². The number of pyridine rings is 1. The molecule has 1 aliphatic rings. The molecule has 3 N–H and O–H groups in total. The lowest BCUT2D eigenvalue weighted by Gasteiger charge is -2.29. The molecule has 5 rings (SSSR count). The Kier molecular flexibility index (Phi) is 7.14. The number of amides is 1. The zero-order chi connectivity index (χ0) is 26.6. The smallest absolute Gasteiger partial charge is 0.335 e. The van der Waals surface area contributed by atoms with Gasteiger partial charge < -0.3 is 25.2 Å². The maximum Gasteiger partial charge on any atom is 0.335 e. The lowest BCUT2D eigenvalue weighted by molar-refractivity contribution is -0.116. The molecule has 1 amide bonds. The molecule has 4 aromatic rings. The van der Waals surface area contributed by atoms with Crippen molar-refractivity contribution in [2.24, 2.45) is 0 Å². The number of carbonyl (C=O) groups excluding carboxylic acids is 1. The number of hydrogen-bond acceptors (Lipinski definition) is 4.